The van der Waals surface area contributed by atoms with Crippen molar-refractivity contribution >= 4 is 32.8 Å². The average molecular weight is 313 g/mol. The van der Waals surface area contributed by atoms with Crippen LogP contribution in [0.25, 0.3) is 10.9 Å². The first-order valence-corrected chi connectivity index (χ1v) is 6.00. The Balaban J connectivity index is 2.57. The molecule has 0 aliphatic heterocycles. The number of aromatic nitrogens is 1. The van der Waals surface area contributed by atoms with Crippen molar-refractivity contribution in [1.29, 1.82) is 0 Å². The monoisotopic (exact) mass is 312 g/mol. The molecule has 6 heteroatoms. The number of benzene rings is 1. The lowest BCUT2D eigenvalue weighted by Crippen LogP contribution is -2.32. The normalized spacial score (nSPS) is 12.6. The van der Waals surface area contributed by atoms with E-state index in [1.807, 2.05) is 0 Å². The number of carboxylic acid groups (broad SMARTS) is 1. The van der Waals surface area contributed by atoms with Gasteiger partial charge in [-0.1, -0.05) is 6.07 Å². The van der Waals surface area contributed by atoms with Gasteiger partial charge in [0, 0.05) is 11.6 Å². The molecule has 1 aromatic heterocycles. The van der Waals surface area contributed by atoms with Crippen LogP contribution in [-0.2, 0) is 11.2 Å². The molecule has 0 aliphatic carbocycles. The second kappa shape index (κ2) is 4.99. The van der Waals surface area contributed by atoms with E-state index in [0.29, 0.717) is 16.5 Å². The fraction of sp³-hybridized carbons (Fsp3) is 0.167. The number of hydrogen-bond donors (Lipinski definition) is 2. The van der Waals surface area contributed by atoms with Crippen molar-refractivity contribution in [3.63, 3.8) is 0 Å². The van der Waals surface area contributed by atoms with Crippen LogP contribution in [0.1, 0.15) is 5.56 Å². The SMILES string of the molecule is NC(Cc1cc(F)c(Br)c2ncccc12)C(=O)O. The first-order valence-electron chi connectivity index (χ1n) is 5.20. The van der Waals surface area contributed by atoms with Gasteiger partial charge < -0.3 is 10.8 Å². The van der Waals surface area contributed by atoms with E-state index < -0.39 is 17.8 Å². The van der Waals surface area contributed by atoms with Crippen molar-refractivity contribution in [2.24, 2.45) is 5.73 Å². The molecule has 0 saturated carbocycles. The van der Waals surface area contributed by atoms with E-state index in [2.05, 4.69) is 20.9 Å². The van der Waals surface area contributed by atoms with E-state index in [0.717, 1.165) is 0 Å². The van der Waals surface area contributed by atoms with Crippen molar-refractivity contribution in [1.82, 2.24) is 4.98 Å². The third kappa shape index (κ3) is 2.34. The van der Waals surface area contributed by atoms with Crippen LogP contribution in [-0.4, -0.2) is 22.1 Å². The van der Waals surface area contributed by atoms with Gasteiger partial charge in [0.2, 0.25) is 0 Å². The molecular formula is C12H10BrFN2O2. The fourth-order valence-electron chi connectivity index (χ4n) is 1.74. The summed E-state index contributed by atoms with van der Waals surface area (Å²) in [5.74, 6) is -1.59. The number of nitrogens with two attached hydrogens (primary N) is 1. The number of halogens is 2. The first-order chi connectivity index (χ1) is 8.50. The molecule has 1 heterocycles. The number of carbonyl (C=O) groups is 1. The van der Waals surface area contributed by atoms with Crippen LogP contribution in [0.2, 0.25) is 0 Å². The number of rotatable bonds is 3. The maximum atomic E-state index is 13.7. The minimum atomic E-state index is -1.12. The Morgan fingerprint density at radius 1 is 1.61 bits per heavy atom. The van der Waals surface area contributed by atoms with Crippen LogP contribution in [0.3, 0.4) is 0 Å². The van der Waals surface area contributed by atoms with E-state index in [-0.39, 0.29) is 10.9 Å². The maximum Gasteiger partial charge on any atom is 0.320 e. The Morgan fingerprint density at radius 3 is 3.00 bits per heavy atom. The van der Waals surface area contributed by atoms with Crippen molar-refractivity contribution in [3.8, 4) is 0 Å². The molecule has 0 aliphatic rings. The van der Waals surface area contributed by atoms with E-state index in [9.17, 15) is 9.18 Å². The molecular weight excluding hydrogens is 303 g/mol. The third-order valence-corrected chi connectivity index (χ3v) is 3.38. The molecule has 0 amide bonds. The molecule has 0 saturated heterocycles. The molecule has 0 bridgehead atoms. The van der Waals surface area contributed by atoms with Crippen LogP contribution in [0, 0.1) is 5.82 Å². The van der Waals surface area contributed by atoms with Gasteiger partial charge in [-0.15, -0.1) is 0 Å². The lowest BCUT2D eigenvalue weighted by molar-refractivity contribution is -0.138. The molecule has 2 rings (SSSR count). The van der Waals surface area contributed by atoms with Crippen LogP contribution in [0.5, 0.6) is 0 Å². The molecule has 0 spiro atoms. The van der Waals surface area contributed by atoms with E-state index in [4.69, 9.17) is 10.8 Å². The number of hydrogen-bond acceptors (Lipinski definition) is 3. The highest BCUT2D eigenvalue weighted by Gasteiger charge is 2.17. The standard InChI is InChI=1S/C12H10BrFN2O2/c13-10-8(14)4-6(5-9(15)12(17)18)7-2-1-3-16-11(7)10/h1-4,9H,5,15H2,(H,17,18). The Labute approximate surface area is 111 Å². The highest BCUT2D eigenvalue weighted by molar-refractivity contribution is 9.10. The zero-order valence-corrected chi connectivity index (χ0v) is 10.8. The minimum absolute atomic E-state index is 0.0573. The van der Waals surface area contributed by atoms with Crippen LogP contribution in [0.4, 0.5) is 4.39 Å². The quantitative estimate of drug-likeness (QED) is 0.910. The van der Waals surface area contributed by atoms with Crippen molar-refractivity contribution in [2.75, 3.05) is 0 Å². The molecule has 0 radical (unpaired) electrons. The van der Waals surface area contributed by atoms with Crippen molar-refractivity contribution in [3.05, 3.63) is 40.2 Å². The lowest BCUT2D eigenvalue weighted by Gasteiger charge is -2.11. The first kappa shape index (κ1) is 12.9. The van der Waals surface area contributed by atoms with Crippen molar-refractivity contribution in [2.45, 2.75) is 12.5 Å². The third-order valence-electron chi connectivity index (χ3n) is 2.63. The Bertz CT molecular complexity index is 618. The average Bonchev–Trinajstić information content (AvgIpc) is 2.35. The summed E-state index contributed by atoms with van der Waals surface area (Å²) in [5, 5.41) is 9.49. The van der Waals surface area contributed by atoms with Gasteiger partial charge in [-0.05, 0) is 40.0 Å². The summed E-state index contributed by atoms with van der Waals surface area (Å²) in [6.07, 6.45) is 1.61. The zero-order valence-electron chi connectivity index (χ0n) is 9.23. The molecule has 94 valence electrons. The summed E-state index contributed by atoms with van der Waals surface area (Å²) in [6.45, 7) is 0. The number of nitrogens with zero attached hydrogens (tertiary/aromatic N) is 1. The molecule has 1 atom stereocenters. The number of fused-ring (bicyclic) bond motifs is 1. The molecule has 4 nitrogen and oxygen atoms in total. The van der Waals surface area contributed by atoms with Gasteiger partial charge in [-0.3, -0.25) is 9.78 Å². The fourth-order valence-corrected chi connectivity index (χ4v) is 2.17. The van der Waals surface area contributed by atoms with Crippen molar-refractivity contribution < 1.29 is 14.3 Å². The second-order valence-corrected chi connectivity index (χ2v) is 4.67. The lowest BCUT2D eigenvalue weighted by atomic mass is 10.0. The maximum absolute atomic E-state index is 13.7. The largest absolute Gasteiger partial charge is 0.480 e. The van der Waals surface area contributed by atoms with Crippen LogP contribution in [0.15, 0.2) is 28.9 Å². The summed E-state index contributed by atoms with van der Waals surface area (Å²) in [5.41, 5.74) is 6.47. The summed E-state index contributed by atoms with van der Waals surface area (Å²) in [7, 11) is 0. The zero-order chi connectivity index (χ0) is 13.3. The van der Waals surface area contributed by atoms with E-state index in [1.165, 1.54) is 6.07 Å². The predicted octanol–water partition coefficient (Wildman–Crippen LogP) is 2.09. The van der Waals surface area contributed by atoms with E-state index in [1.54, 1.807) is 18.3 Å². The second-order valence-electron chi connectivity index (χ2n) is 3.88. The Morgan fingerprint density at radius 2 is 2.33 bits per heavy atom. The number of carboxylic acids is 1. The molecule has 1 aromatic carbocycles. The summed E-state index contributed by atoms with van der Waals surface area (Å²) in [6, 6.07) is 3.70. The minimum Gasteiger partial charge on any atom is -0.480 e. The van der Waals surface area contributed by atoms with E-state index >= 15 is 0 Å². The smallest absolute Gasteiger partial charge is 0.320 e. The highest BCUT2D eigenvalue weighted by Crippen LogP contribution is 2.28. The predicted molar refractivity (Wildman–Crippen MR) is 68.7 cm³/mol. The molecule has 2 aromatic rings. The summed E-state index contributed by atoms with van der Waals surface area (Å²) >= 11 is 3.13. The summed E-state index contributed by atoms with van der Waals surface area (Å²) in [4.78, 5) is 14.8. The van der Waals surface area contributed by atoms with Gasteiger partial charge in [-0.2, -0.15) is 0 Å². The molecule has 3 N–H and O–H groups in total. The van der Waals surface area contributed by atoms with Crippen LogP contribution >= 0.6 is 15.9 Å². The van der Waals surface area contributed by atoms with Gasteiger partial charge in [0.25, 0.3) is 0 Å². The molecule has 18 heavy (non-hydrogen) atoms. The number of pyridine rings is 1. The highest BCUT2D eigenvalue weighted by atomic mass is 79.9. The van der Waals surface area contributed by atoms with Gasteiger partial charge in [0.15, 0.2) is 0 Å². The summed E-state index contributed by atoms with van der Waals surface area (Å²) < 4.78 is 14.0. The topological polar surface area (TPSA) is 76.2 Å². The van der Waals surface area contributed by atoms with Crippen LogP contribution < -0.4 is 5.73 Å². The van der Waals surface area contributed by atoms with Gasteiger partial charge in [0.1, 0.15) is 11.9 Å². The van der Waals surface area contributed by atoms with Gasteiger partial charge >= 0.3 is 5.97 Å². The Kier molecular flexibility index (Phi) is 3.58. The Hall–Kier alpha value is -1.53. The molecule has 1 unspecified atom stereocenters. The van der Waals surface area contributed by atoms with Gasteiger partial charge in [-0.25, -0.2) is 4.39 Å². The molecule has 0 fully saturated rings. The van der Waals surface area contributed by atoms with Gasteiger partial charge in [0.05, 0.1) is 9.99 Å². The number of aliphatic carboxylic acids is 1.